The lowest BCUT2D eigenvalue weighted by molar-refractivity contribution is -0.161. The van der Waals surface area contributed by atoms with Crippen LogP contribution in [0, 0.1) is 0 Å². The number of rotatable bonds is 75. The van der Waals surface area contributed by atoms with Crippen molar-refractivity contribution in [1.29, 1.82) is 0 Å². The van der Waals surface area contributed by atoms with Gasteiger partial charge in [-0.15, -0.1) is 0 Å². The van der Waals surface area contributed by atoms with E-state index in [1.807, 2.05) is 12.2 Å². The monoisotopic (exact) mass is 1470 g/mol. The van der Waals surface area contributed by atoms with Crippen LogP contribution in [0.25, 0.3) is 0 Å². The molecule has 0 aromatic rings. The van der Waals surface area contributed by atoms with Gasteiger partial charge in [0.2, 0.25) is 0 Å². The minimum atomic E-state index is -5.00. The second-order valence-corrected chi connectivity index (χ2v) is 29.5. The minimum absolute atomic E-state index is 0.0126. The van der Waals surface area contributed by atoms with Crippen LogP contribution in [0.4, 0.5) is 0 Å². The zero-order valence-corrected chi connectivity index (χ0v) is 66.0. The first-order chi connectivity index (χ1) is 49.7. The zero-order chi connectivity index (χ0) is 74.6. The normalized spacial score (nSPS) is 14.5. The molecule has 588 valence electrons. The Kier molecular flexibility index (Phi) is 71.8. The average molecular weight is 1480 g/mol. The van der Waals surface area contributed by atoms with Crippen LogP contribution in [-0.4, -0.2) is 96.7 Å². The van der Waals surface area contributed by atoms with Crippen LogP contribution in [0.3, 0.4) is 0 Å². The minimum Gasteiger partial charge on any atom is -0.462 e. The number of hydrogen-bond donors (Lipinski definition) is 3. The molecule has 0 heterocycles. The molecule has 0 aromatic carbocycles. The quantitative estimate of drug-likeness (QED) is 0.0169. The third kappa shape index (κ3) is 74.0. The summed E-state index contributed by atoms with van der Waals surface area (Å²) in [5.41, 5.74) is 0. The molecule has 0 radical (unpaired) electrons. The summed E-state index contributed by atoms with van der Waals surface area (Å²) >= 11 is 0. The van der Waals surface area contributed by atoms with Crippen LogP contribution in [-0.2, 0) is 65.4 Å². The van der Waals surface area contributed by atoms with E-state index in [0.29, 0.717) is 32.1 Å². The third-order valence-corrected chi connectivity index (χ3v) is 18.6. The first-order valence-corrected chi connectivity index (χ1v) is 43.1. The molecule has 5 unspecified atom stereocenters. The lowest BCUT2D eigenvalue weighted by atomic mass is 10.0. The van der Waals surface area contributed by atoms with E-state index >= 15 is 0 Å². The molecule has 0 aliphatic rings. The summed E-state index contributed by atoms with van der Waals surface area (Å²) in [7, 11) is -9.97. The Morgan fingerprint density at radius 1 is 0.284 bits per heavy atom. The van der Waals surface area contributed by atoms with Gasteiger partial charge in [0.05, 0.1) is 26.4 Å². The number of carbonyl (C=O) groups is 4. The Morgan fingerprint density at radius 3 is 0.863 bits per heavy atom. The van der Waals surface area contributed by atoms with Crippen molar-refractivity contribution in [3.63, 3.8) is 0 Å². The smallest absolute Gasteiger partial charge is 0.462 e. The molecule has 0 amide bonds. The fraction of sp³-hybridized carbons (Fsp3) is 0.735. The maximum Gasteiger partial charge on any atom is 0.472 e. The number of phosphoric ester groups is 2. The maximum absolute atomic E-state index is 13.1. The molecular weight excluding hydrogens is 1330 g/mol. The molecule has 17 nitrogen and oxygen atoms in total. The average Bonchev–Trinajstić information content (AvgIpc) is 0.908. The Bertz CT molecular complexity index is 2360. The topological polar surface area (TPSA) is 237 Å². The van der Waals surface area contributed by atoms with E-state index in [1.54, 1.807) is 0 Å². The van der Waals surface area contributed by atoms with Crippen LogP contribution in [0.15, 0.2) is 109 Å². The van der Waals surface area contributed by atoms with Gasteiger partial charge in [0.25, 0.3) is 0 Å². The van der Waals surface area contributed by atoms with Crippen molar-refractivity contribution in [3.05, 3.63) is 109 Å². The number of aliphatic hydroxyl groups is 1. The summed E-state index contributed by atoms with van der Waals surface area (Å²) in [6.45, 7) is 4.66. The van der Waals surface area contributed by atoms with Crippen LogP contribution < -0.4 is 0 Å². The van der Waals surface area contributed by atoms with E-state index < -0.39 is 97.5 Å². The molecule has 3 N–H and O–H groups in total. The van der Waals surface area contributed by atoms with Crippen molar-refractivity contribution in [2.45, 2.75) is 354 Å². The molecule has 0 saturated heterocycles. The summed E-state index contributed by atoms with van der Waals surface area (Å²) < 4.78 is 68.5. The van der Waals surface area contributed by atoms with Crippen molar-refractivity contribution in [2.24, 2.45) is 0 Å². The number of carbonyl (C=O) groups excluding carboxylic acids is 4. The largest absolute Gasteiger partial charge is 0.472 e. The molecular formula is C83H144O17P2. The first-order valence-electron chi connectivity index (χ1n) is 40.1. The molecule has 0 rings (SSSR count). The molecule has 0 spiro atoms. The summed E-state index contributed by atoms with van der Waals surface area (Å²) in [4.78, 5) is 73.0. The summed E-state index contributed by atoms with van der Waals surface area (Å²) in [6, 6.07) is 0. The van der Waals surface area contributed by atoms with Crippen molar-refractivity contribution >= 4 is 39.5 Å². The number of esters is 4. The van der Waals surface area contributed by atoms with Gasteiger partial charge >= 0.3 is 39.5 Å². The molecule has 0 saturated carbocycles. The standard InChI is InChI=1S/C83H144O17P2/c1-5-9-13-17-21-25-29-33-35-37-38-40-41-45-48-52-56-60-64-68-81(86)94-74-79(100-83(88)70-66-62-58-54-50-46-42-39-36-34-30-26-22-18-14-10-6-2)76-98-102(91,92)96-72-77(84)71-95-101(89,90)97-75-78(99-82(87)69-65-61-57-53-49-44-32-28-24-20-16-12-8-4)73-93-80(85)67-63-59-55-51-47-43-31-27-23-19-15-11-7-3/h10,14,21-22,25-27,31,33-36,38,40,42,46,54,58,77-79,84H,5-9,11-13,15-20,23-24,28-30,32,37,39,41,43-45,47-53,55-57,59-76H2,1-4H3,(H,89,90)(H,91,92)/b14-10-,25-21-,26-22-,31-27-,35-33-,36-34-,40-38-,46-42-,58-54-. The van der Waals surface area contributed by atoms with Gasteiger partial charge in [-0.3, -0.25) is 37.3 Å². The van der Waals surface area contributed by atoms with E-state index in [2.05, 4.69) is 125 Å². The van der Waals surface area contributed by atoms with Crippen LogP contribution >= 0.6 is 15.6 Å². The van der Waals surface area contributed by atoms with Crippen molar-refractivity contribution in [3.8, 4) is 0 Å². The van der Waals surface area contributed by atoms with E-state index in [9.17, 15) is 43.2 Å². The van der Waals surface area contributed by atoms with E-state index in [1.165, 1.54) is 96.3 Å². The van der Waals surface area contributed by atoms with Gasteiger partial charge in [-0.25, -0.2) is 9.13 Å². The SMILES string of the molecule is CC/C=C\C/C=C\C/C=C\C/C=C\C/C=C\CCCC(=O)OC(COC(=O)CCCCCCCC/C=C\C/C=C\C/C=C\CCCCC)COP(=O)(O)OCC(O)COP(=O)(O)OCC(COC(=O)CCCCCCC/C=C\CCCCCC)OC(=O)CCCCCCCCCCCCCCC. The van der Waals surface area contributed by atoms with E-state index in [4.69, 9.17) is 37.0 Å². The summed E-state index contributed by atoms with van der Waals surface area (Å²) in [5.74, 6) is -2.25. The van der Waals surface area contributed by atoms with Crippen LogP contribution in [0.1, 0.15) is 336 Å². The third-order valence-electron chi connectivity index (χ3n) is 16.7. The second-order valence-electron chi connectivity index (χ2n) is 26.6. The Hall–Kier alpha value is -4.28. The Balaban J connectivity index is 5.40. The Labute approximate surface area is 619 Å². The first kappa shape index (κ1) is 97.7. The number of phosphoric acid groups is 2. The molecule has 0 fully saturated rings. The van der Waals surface area contributed by atoms with Crippen LogP contribution in [0.2, 0.25) is 0 Å². The maximum atomic E-state index is 13.1. The number of aliphatic hydroxyl groups excluding tert-OH is 1. The fourth-order valence-corrected chi connectivity index (χ4v) is 12.2. The predicted molar refractivity (Wildman–Crippen MR) is 418 cm³/mol. The lowest BCUT2D eigenvalue weighted by Gasteiger charge is -2.21. The highest BCUT2D eigenvalue weighted by molar-refractivity contribution is 7.47. The van der Waals surface area contributed by atoms with Gasteiger partial charge in [-0.2, -0.15) is 0 Å². The van der Waals surface area contributed by atoms with Gasteiger partial charge in [0, 0.05) is 25.7 Å². The highest BCUT2D eigenvalue weighted by Gasteiger charge is 2.30. The Morgan fingerprint density at radius 2 is 0.520 bits per heavy atom. The summed E-state index contributed by atoms with van der Waals surface area (Å²) in [6.07, 6.45) is 80.7. The molecule has 0 aliphatic heterocycles. The molecule has 19 heteroatoms. The van der Waals surface area contributed by atoms with E-state index in [0.717, 1.165) is 154 Å². The second kappa shape index (κ2) is 75.0. The number of allylic oxidation sites excluding steroid dienone is 18. The molecule has 102 heavy (non-hydrogen) atoms. The molecule has 0 aromatic heterocycles. The van der Waals surface area contributed by atoms with Gasteiger partial charge in [-0.05, 0) is 128 Å². The van der Waals surface area contributed by atoms with Crippen molar-refractivity contribution in [1.82, 2.24) is 0 Å². The fourth-order valence-electron chi connectivity index (χ4n) is 10.6. The molecule has 0 bridgehead atoms. The van der Waals surface area contributed by atoms with Crippen molar-refractivity contribution < 1.29 is 80.2 Å². The predicted octanol–water partition coefficient (Wildman–Crippen LogP) is 23.3. The lowest BCUT2D eigenvalue weighted by Crippen LogP contribution is -2.30. The molecule has 5 atom stereocenters. The van der Waals surface area contributed by atoms with E-state index in [-0.39, 0.29) is 25.7 Å². The zero-order valence-electron chi connectivity index (χ0n) is 64.3. The number of unbranched alkanes of at least 4 members (excludes halogenated alkanes) is 31. The van der Waals surface area contributed by atoms with Crippen molar-refractivity contribution in [2.75, 3.05) is 39.6 Å². The van der Waals surface area contributed by atoms with Crippen LogP contribution in [0.5, 0.6) is 0 Å². The number of hydrogen-bond acceptors (Lipinski definition) is 15. The molecule has 0 aliphatic carbocycles. The van der Waals surface area contributed by atoms with Gasteiger partial charge < -0.3 is 33.8 Å². The number of ether oxygens (including phenoxy) is 4. The van der Waals surface area contributed by atoms with Gasteiger partial charge in [0.1, 0.15) is 19.3 Å². The summed E-state index contributed by atoms with van der Waals surface area (Å²) in [5, 5.41) is 10.6. The highest BCUT2D eigenvalue weighted by atomic mass is 31.2. The highest BCUT2D eigenvalue weighted by Crippen LogP contribution is 2.45. The van der Waals surface area contributed by atoms with Gasteiger partial charge in [0.15, 0.2) is 12.2 Å². The van der Waals surface area contributed by atoms with Gasteiger partial charge in [-0.1, -0.05) is 291 Å².